The number of rotatable bonds is 8. The average molecular weight is 417 g/mol. The molecule has 0 amide bonds. The van der Waals surface area contributed by atoms with Crippen molar-refractivity contribution in [2.24, 2.45) is 0 Å². The number of quaternary nitrogens is 1. The van der Waals surface area contributed by atoms with Gasteiger partial charge in [0.05, 0.1) is 39.0 Å². The summed E-state index contributed by atoms with van der Waals surface area (Å²) in [7, 11) is 5.22. The molecule has 0 saturated carbocycles. The molecule has 7 nitrogen and oxygen atoms in total. The molecule has 0 aliphatic rings. The van der Waals surface area contributed by atoms with Crippen LogP contribution in [0.3, 0.4) is 0 Å². The first-order valence-electron chi connectivity index (χ1n) is 9.20. The monoisotopic (exact) mass is 416 g/mol. The van der Waals surface area contributed by atoms with Gasteiger partial charge < -0.3 is 19.1 Å². The predicted molar refractivity (Wildman–Crippen MR) is 111 cm³/mol. The number of methoxy groups -OCH3 is 2. The Morgan fingerprint density at radius 1 is 1.24 bits per heavy atom. The van der Waals surface area contributed by atoms with E-state index in [1.54, 1.807) is 21.1 Å². The number of carbonyl (C=O) groups excluding carboxylic acids is 1. The molecule has 0 fully saturated rings. The highest BCUT2D eigenvalue weighted by Crippen LogP contribution is 2.27. The van der Waals surface area contributed by atoms with Gasteiger partial charge in [0.15, 0.2) is 18.2 Å². The molecule has 2 aromatic rings. The summed E-state index contributed by atoms with van der Waals surface area (Å²) in [6, 6.07) is 9.37. The summed E-state index contributed by atoms with van der Waals surface area (Å²) in [4.78, 5) is 13.4. The molecule has 8 heteroatoms. The third-order valence-electron chi connectivity index (χ3n) is 4.56. The molecule has 1 heterocycles. The van der Waals surface area contributed by atoms with Gasteiger partial charge in [0.1, 0.15) is 17.3 Å². The van der Waals surface area contributed by atoms with Crippen LogP contribution in [0.4, 0.5) is 0 Å². The number of hydrogen-bond donors (Lipinski definition) is 1. The molecule has 1 unspecified atom stereocenters. The van der Waals surface area contributed by atoms with Crippen LogP contribution in [0.1, 0.15) is 34.1 Å². The summed E-state index contributed by atoms with van der Waals surface area (Å²) >= 11 is 5.48. The summed E-state index contributed by atoms with van der Waals surface area (Å²) in [5.41, 5.74) is 2.38. The first kappa shape index (κ1) is 22.4. The molecular weight excluding hydrogens is 390 g/mol. The number of carbonyl (C=O) groups is 1. The van der Waals surface area contributed by atoms with Crippen molar-refractivity contribution in [2.45, 2.75) is 27.1 Å². The maximum absolute atomic E-state index is 12.3. The molecule has 1 aromatic carbocycles. The Balaban J connectivity index is 2.33. The number of nitrogens with zero attached hydrogens (tertiary/aromatic N) is 2. The fourth-order valence-corrected chi connectivity index (χ4v) is 3.41. The topological polar surface area (TPSA) is 77.9 Å². The highest BCUT2D eigenvalue weighted by molar-refractivity contribution is 7.71. The number of nitriles is 1. The molecule has 0 bridgehead atoms. The van der Waals surface area contributed by atoms with Crippen molar-refractivity contribution in [3.05, 3.63) is 51.3 Å². The lowest BCUT2D eigenvalue weighted by molar-refractivity contribution is -0.917. The maximum Gasteiger partial charge on any atom is 0.339 e. The second-order valence-corrected chi connectivity index (χ2v) is 6.99. The lowest BCUT2D eigenvalue weighted by Gasteiger charge is -2.20. The van der Waals surface area contributed by atoms with Crippen LogP contribution < -0.4 is 14.4 Å². The minimum Gasteiger partial charge on any atom is -0.493 e. The Labute approximate surface area is 176 Å². The number of esters is 1. The highest BCUT2D eigenvalue weighted by Gasteiger charge is 2.18. The lowest BCUT2D eigenvalue weighted by Crippen LogP contribution is -3.07. The van der Waals surface area contributed by atoms with E-state index in [4.69, 9.17) is 26.4 Å². The molecule has 0 saturated heterocycles. The fraction of sp³-hybridized carbons (Fsp3) is 0.381. The van der Waals surface area contributed by atoms with E-state index in [1.807, 2.05) is 36.7 Å². The first-order chi connectivity index (χ1) is 13.9. The van der Waals surface area contributed by atoms with Crippen LogP contribution >= 0.6 is 12.2 Å². The number of nitrogens with one attached hydrogen (secondary N) is 1. The van der Waals surface area contributed by atoms with Gasteiger partial charge in [0, 0.05) is 11.3 Å². The normalized spacial score (nSPS) is 11.4. The third-order valence-corrected chi connectivity index (χ3v) is 5.00. The third kappa shape index (κ3) is 5.13. The molecule has 0 aliphatic heterocycles. The van der Waals surface area contributed by atoms with Gasteiger partial charge in [-0.2, -0.15) is 5.26 Å². The van der Waals surface area contributed by atoms with Crippen molar-refractivity contribution < 1.29 is 23.9 Å². The van der Waals surface area contributed by atoms with E-state index in [-0.39, 0.29) is 12.2 Å². The van der Waals surface area contributed by atoms with Crippen LogP contribution in [0, 0.1) is 22.9 Å². The average Bonchev–Trinajstić information content (AvgIpc) is 2.71. The second kappa shape index (κ2) is 10.0. The van der Waals surface area contributed by atoms with Gasteiger partial charge in [-0.3, -0.25) is 4.57 Å². The standard InChI is InChI=1S/C21H25N3O4S/c1-6-28-21(25)17-10-16(11-22)20(29)24(14(17)2)13-23(3)12-15-7-8-18(26-4)19(9-15)27-5/h7-10H,6,12-13H2,1-5H3/p+1. The van der Waals surface area contributed by atoms with Crippen molar-refractivity contribution in [3.63, 3.8) is 0 Å². The number of benzene rings is 1. The van der Waals surface area contributed by atoms with Crippen molar-refractivity contribution in [3.8, 4) is 17.6 Å². The van der Waals surface area contributed by atoms with E-state index in [1.165, 1.54) is 6.07 Å². The highest BCUT2D eigenvalue weighted by atomic mass is 32.1. The zero-order valence-corrected chi connectivity index (χ0v) is 18.2. The molecule has 1 aromatic heterocycles. The van der Waals surface area contributed by atoms with Crippen molar-refractivity contribution >= 4 is 18.2 Å². The molecule has 29 heavy (non-hydrogen) atoms. The van der Waals surface area contributed by atoms with Crippen LogP contribution in [-0.4, -0.2) is 38.4 Å². The van der Waals surface area contributed by atoms with E-state index in [2.05, 4.69) is 6.07 Å². The maximum atomic E-state index is 12.3. The summed E-state index contributed by atoms with van der Waals surface area (Å²) in [5, 5.41) is 9.43. The summed E-state index contributed by atoms with van der Waals surface area (Å²) < 4.78 is 18.0. The van der Waals surface area contributed by atoms with E-state index < -0.39 is 5.97 Å². The van der Waals surface area contributed by atoms with Gasteiger partial charge in [-0.25, -0.2) is 4.79 Å². The zero-order valence-electron chi connectivity index (χ0n) is 17.4. The van der Waals surface area contributed by atoms with Crippen molar-refractivity contribution in [2.75, 3.05) is 27.9 Å². The molecule has 1 atom stereocenters. The Bertz CT molecular complexity index is 995. The van der Waals surface area contributed by atoms with Crippen molar-refractivity contribution in [1.82, 2.24) is 4.57 Å². The number of hydrogen-bond acceptors (Lipinski definition) is 6. The molecule has 0 aliphatic carbocycles. The Kier molecular flexibility index (Phi) is 7.76. The molecule has 0 radical (unpaired) electrons. The molecule has 1 N–H and O–H groups in total. The van der Waals surface area contributed by atoms with E-state index in [9.17, 15) is 10.1 Å². The first-order valence-corrected chi connectivity index (χ1v) is 9.60. The van der Waals surface area contributed by atoms with Crippen LogP contribution in [0.15, 0.2) is 24.3 Å². The smallest absolute Gasteiger partial charge is 0.339 e. The van der Waals surface area contributed by atoms with Crippen LogP contribution in [0.5, 0.6) is 11.5 Å². The number of pyridine rings is 1. The minimum absolute atomic E-state index is 0.264. The van der Waals surface area contributed by atoms with E-state index in [0.717, 1.165) is 10.5 Å². The van der Waals surface area contributed by atoms with Gasteiger partial charge in [-0.1, -0.05) is 12.2 Å². The molecule has 154 valence electrons. The lowest BCUT2D eigenvalue weighted by atomic mass is 10.1. The van der Waals surface area contributed by atoms with Gasteiger partial charge in [-0.15, -0.1) is 0 Å². The molecule has 0 spiro atoms. The summed E-state index contributed by atoms with van der Waals surface area (Å²) in [6.45, 7) is 5.00. The van der Waals surface area contributed by atoms with Crippen molar-refractivity contribution in [1.29, 1.82) is 5.26 Å². The van der Waals surface area contributed by atoms with E-state index in [0.29, 0.717) is 40.6 Å². The quantitative estimate of drug-likeness (QED) is 0.525. The largest absolute Gasteiger partial charge is 0.493 e. The number of ether oxygens (including phenoxy) is 3. The van der Waals surface area contributed by atoms with E-state index >= 15 is 0 Å². The van der Waals surface area contributed by atoms with Crippen LogP contribution in [0.25, 0.3) is 0 Å². The fourth-order valence-electron chi connectivity index (χ4n) is 3.10. The second-order valence-electron chi connectivity index (χ2n) is 6.60. The molecule has 2 rings (SSSR count). The van der Waals surface area contributed by atoms with Gasteiger partial charge in [0.25, 0.3) is 0 Å². The zero-order chi connectivity index (χ0) is 21.6. The van der Waals surface area contributed by atoms with Gasteiger partial charge in [0.2, 0.25) is 0 Å². The van der Waals surface area contributed by atoms with Crippen LogP contribution in [0.2, 0.25) is 0 Å². The Morgan fingerprint density at radius 3 is 2.52 bits per heavy atom. The summed E-state index contributed by atoms with van der Waals surface area (Å²) in [6.07, 6.45) is 0. The van der Waals surface area contributed by atoms with Gasteiger partial charge in [-0.05, 0) is 38.1 Å². The Hall–Kier alpha value is -2.89. The number of aromatic nitrogens is 1. The predicted octanol–water partition coefficient (Wildman–Crippen LogP) is 2.26. The minimum atomic E-state index is -0.456. The van der Waals surface area contributed by atoms with Gasteiger partial charge >= 0.3 is 5.97 Å². The van der Waals surface area contributed by atoms with Crippen LogP contribution in [-0.2, 0) is 18.0 Å². The molecular formula is C21H26N3O4S+. The SMILES string of the molecule is CCOC(=O)c1cc(C#N)c(=S)n(C[NH+](C)Cc2ccc(OC)c(OC)c2)c1C. The summed E-state index contributed by atoms with van der Waals surface area (Å²) in [5.74, 6) is 0.886. The Morgan fingerprint density at radius 2 is 1.93 bits per heavy atom.